The maximum absolute atomic E-state index is 11.3. The second kappa shape index (κ2) is 3.82. The van der Waals surface area contributed by atoms with Crippen LogP contribution >= 0.6 is 0 Å². The molecule has 0 aliphatic rings. The Labute approximate surface area is 51.2 Å². The molecule has 0 spiro atoms. The van der Waals surface area contributed by atoms with Crippen LogP contribution in [-0.2, 0) is 9.59 Å². The van der Waals surface area contributed by atoms with E-state index in [4.69, 9.17) is 5.73 Å². The lowest BCUT2D eigenvalue weighted by Gasteiger charge is -1.94. The maximum atomic E-state index is 11.3. The minimum atomic E-state index is -1.15. The zero-order chi connectivity index (χ0) is 7.28. The molecule has 0 heterocycles. The molecule has 0 aromatic rings. The number of halogens is 1. The molecule has 0 aliphatic carbocycles. The van der Waals surface area contributed by atoms with Gasteiger partial charge in [0.1, 0.15) is 0 Å². The average molecular weight is 133 g/mol. The smallest absolute Gasteiger partial charge is 0.257 e. The van der Waals surface area contributed by atoms with Crippen LogP contribution in [0.4, 0.5) is 4.39 Å². The third kappa shape index (κ3) is 4.73. The normalized spacial score (nSPS) is 8.56. The number of alkyl halides is 1. The van der Waals surface area contributed by atoms with Gasteiger partial charge in [0, 0.05) is 0 Å². The fourth-order valence-electron chi connectivity index (χ4n) is 0.226. The highest BCUT2D eigenvalue weighted by Crippen LogP contribution is 1.66. The van der Waals surface area contributed by atoms with Gasteiger partial charge in [-0.25, -0.2) is 4.39 Å². The Morgan fingerprint density at radius 2 is 2.11 bits per heavy atom. The van der Waals surface area contributed by atoms with Gasteiger partial charge in [0.05, 0.1) is 6.54 Å². The van der Waals surface area contributed by atoms with Crippen LogP contribution in [0.2, 0.25) is 0 Å². The van der Waals surface area contributed by atoms with E-state index in [1.807, 2.05) is 5.32 Å². The van der Waals surface area contributed by atoms with E-state index < -0.39 is 25.0 Å². The Hall–Kier alpha value is -1.13. The van der Waals surface area contributed by atoms with Crippen molar-refractivity contribution in [2.45, 2.75) is 0 Å². The van der Waals surface area contributed by atoms with E-state index in [1.165, 1.54) is 0 Å². The van der Waals surface area contributed by atoms with Crippen molar-refractivity contribution in [2.75, 3.05) is 13.2 Å². The molecule has 4 nitrogen and oxygen atoms in total. The van der Waals surface area contributed by atoms with Crippen LogP contribution in [0.5, 0.6) is 0 Å². The third-order valence-electron chi connectivity index (χ3n) is 0.567. The van der Waals surface area contributed by atoms with E-state index in [-0.39, 0.29) is 0 Å². The zero-order valence-corrected chi connectivity index (χ0v) is 4.61. The molecule has 2 N–H and O–H groups in total. The summed E-state index contributed by atoms with van der Waals surface area (Å²) in [6, 6.07) is 0. The van der Waals surface area contributed by atoms with E-state index in [0.29, 0.717) is 0 Å². The van der Waals surface area contributed by atoms with Crippen LogP contribution in [0.25, 0.3) is 0 Å². The van der Waals surface area contributed by atoms with E-state index in [1.54, 1.807) is 0 Å². The second-order valence-electron chi connectivity index (χ2n) is 1.33. The first-order valence-corrected chi connectivity index (χ1v) is 2.24. The molecule has 51 valence electrons. The van der Waals surface area contributed by atoms with E-state index in [2.05, 4.69) is 0 Å². The Morgan fingerprint density at radius 1 is 1.56 bits per heavy atom. The van der Waals surface area contributed by atoms with Gasteiger partial charge in [0.2, 0.25) is 0 Å². The minimum absolute atomic E-state index is 0.414. The van der Waals surface area contributed by atoms with Crippen LogP contribution < -0.4 is 11.1 Å². The number of carbonyl (C=O) groups is 2. The average Bonchev–Trinajstić information content (AvgIpc) is 1.83. The lowest BCUT2D eigenvalue weighted by molar-refractivity contribution is -0.125. The molecule has 0 atom stereocenters. The molecule has 2 amide bonds. The maximum Gasteiger partial charge on any atom is 0.257 e. The molecular weight excluding hydrogens is 127 g/mol. The predicted molar refractivity (Wildman–Crippen MR) is 27.1 cm³/mol. The van der Waals surface area contributed by atoms with Crippen molar-refractivity contribution in [2.24, 2.45) is 0 Å². The van der Waals surface area contributed by atoms with E-state index in [0.717, 1.165) is 0 Å². The first-order valence-electron chi connectivity index (χ1n) is 2.24. The fourth-order valence-corrected chi connectivity index (χ4v) is 0.226. The molecule has 0 aliphatic heterocycles. The van der Waals surface area contributed by atoms with Crippen molar-refractivity contribution in [1.29, 1.82) is 0 Å². The van der Waals surface area contributed by atoms with Gasteiger partial charge >= 0.3 is 0 Å². The summed E-state index contributed by atoms with van der Waals surface area (Å²) < 4.78 is 11.3. The second-order valence-corrected chi connectivity index (χ2v) is 1.33. The Morgan fingerprint density at radius 3 is 2.44 bits per heavy atom. The summed E-state index contributed by atoms with van der Waals surface area (Å²) in [5.74, 6) is -1.80. The fraction of sp³-hybridized carbons (Fsp3) is 0.500. The SMILES string of the molecule is [NH]C(=O)CNC(=O)CF. The summed E-state index contributed by atoms with van der Waals surface area (Å²) in [7, 11) is 0. The van der Waals surface area contributed by atoms with Gasteiger partial charge in [0.25, 0.3) is 11.8 Å². The summed E-state index contributed by atoms with van der Waals surface area (Å²) >= 11 is 0. The van der Waals surface area contributed by atoms with Crippen LogP contribution in [-0.4, -0.2) is 25.0 Å². The van der Waals surface area contributed by atoms with E-state index in [9.17, 15) is 14.0 Å². The molecule has 0 aromatic carbocycles. The van der Waals surface area contributed by atoms with Crippen LogP contribution in [0.1, 0.15) is 0 Å². The molecule has 9 heavy (non-hydrogen) atoms. The number of rotatable bonds is 3. The molecule has 0 aromatic heterocycles. The van der Waals surface area contributed by atoms with Gasteiger partial charge < -0.3 is 5.32 Å². The number of amides is 2. The summed E-state index contributed by atoms with van der Waals surface area (Å²) in [4.78, 5) is 19.8. The zero-order valence-electron chi connectivity index (χ0n) is 4.61. The molecule has 0 saturated heterocycles. The summed E-state index contributed by atoms with van der Waals surface area (Å²) in [5, 5.41) is 1.88. The molecule has 0 rings (SSSR count). The Kier molecular flexibility index (Phi) is 3.34. The van der Waals surface area contributed by atoms with Crippen molar-refractivity contribution < 1.29 is 14.0 Å². The van der Waals surface area contributed by atoms with Gasteiger partial charge in [-0.15, -0.1) is 0 Å². The highest BCUT2D eigenvalue weighted by molar-refractivity contribution is 5.83. The van der Waals surface area contributed by atoms with Crippen LogP contribution in [0, 0.1) is 0 Å². The van der Waals surface area contributed by atoms with Crippen molar-refractivity contribution in [3.8, 4) is 0 Å². The number of hydrogen-bond acceptors (Lipinski definition) is 2. The molecule has 5 heteroatoms. The van der Waals surface area contributed by atoms with Gasteiger partial charge in [0.15, 0.2) is 6.67 Å². The third-order valence-corrected chi connectivity index (χ3v) is 0.567. The quantitative estimate of drug-likeness (QED) is 0.529. The Balaban J connectivity index is 3.28. The predicted octanol–water partition coefficient (Wildman–Crippen LogP) is -1.12. The van der Waals surface area contributed by atoms with Gasteiger partial charge in [-0.3, -0.25) is 15.3 Å². The van der Waals surface area contributed by atoms with Crippen molar-refractivity contribution in [1.82, 2.24) is 11.1 Å². The molecular formula is C4H6FN2O2. The topological polar surface area (TPSA) is 70.0 Å². The monoisotopic (exact) mass is 133 g/mol. The number of nitrogens with one attached hydrogen (secondary N) is 2. The van der Waals surface area contributed by atoms with Crippen molar-refractivity contribution >= 4 is 11.8 Å². The molecule has 0 unspecified atom stereocenters. The van der Waals surface area contributed by atoms with Crippen molar-refractivity contribution in [3.05, 3.63) is 0 Å². The molecule has 0 bridgehead atoms. The van der Waals surface area contributed by atoms with E-state index >= 15 is 0 Å². The Bertz CT molecular complexity index is 126. The van der Waals surface area contributed by atoms with Gasteiger partial charge in [-0.2, -0.15) is 0 Å². The largest absolute Gasteiger partial charge is 0.345 e. The van der Waals surface area contributed by atoms with Crippen molar-refractivity contribution in [3.63, 3.8) is 0 Å². The summed E-state index contributed by atoms with van der Waals surface area (Å²) in [5.41, 5.74) is 6.27. The molecule has 1 radical (unpaired) electrons. The lowest BCUT2D eigenvalue weighted by atomic mass is 10.5. The standard InChI is InChI=1S/C4H6FN2O2/c5-1-4(9)7-2-3(6)8/h6H,1-2H2,(H,7,9). The summed E-state index contributed by atoms with van der Waals surface area (Å²) in [6.07, 6.45) is 0. The molecule has 0 fully saturated rings. The lowest BCUT2D eigenvalue weighted by Crippen LogP contribution is -2.30. The van der Waals surface area contributed by atoms with Crippen LogP contribution in [0.3, 0.4) is 0 Å². The minimum Gasteiger partial charge on any atom is -0.345 e. The molecule has 0 saturated carbocycles. The summed E-state index contributed by atoms with van der Waals surface area (Å²) in [6.45, 7) is -1.56. The highest BCUT2D eigenvalue weighted by Gasteiger charge is 1.99. The highest BCUT2D eigenvalue weighted by atomic mass is 19.1. The van der Waals surface area contributed by atoms with Crippen LogP contribution in [0.15, 0.2) is 0 Å². The number of hydrogen-bond donors (Lipinski definition) is 1. The number of carbonyl (C=O) groups excluding carboxylic acids is 2. The van der Waals surface area contributed by atoms with Gasteiger partial charge in [-0.05, 0) is 0 Å². The first kappa shape index (κ1) is 7.87. The van der Waals surface area contributed by atoms with Gasteiger partial charge in [-0.1, -0.05) is 0 Å². The first-order chi connectivity index (χ1) is 4.16.